The Labute approximate surface area is 188 Å². The summed E-state index contributed by atoms with van der Waals surface area (Å²) < 4.78 is 7.72. The van der Waals surface area contributed by atoms with Crippen LogP contribution in [0.15, 0.2) is 28.0 Å². The zero-order chi connectivity index (χ0) is 22.5. The Morgan fingerprint density at radius 2 is 2.00 bits per heavy atom. The Kier molecular flexibility index (Phi) is 7.12. The van der Waals surface area contributed by atoms with Crippen molar-refractivity contribution in [2.75, 3.05) is 13.7 Å². The van der Waals surface area contributed by atoms with Gasteiger partial charge in [-0.2, -0.15) is 0 Å². The molecule has 2 aliphatic rings. The maximum Gasteiger partial charge on any atom is 0.274 e. The largest absolute Gasteiger partial charge is 0.494 e. The van der Waals surface area contributed by atoms with Crippen molar-refractivity contribution in [2.24, 2.45) is 4.99 Å². The molecule has 1 aromatic heterocycles. The second kappa shape index (κ2) is 10.2. The molecule has 1 aliphatic heterocycles. The van der Waals surface area contributed by atoms with Crippen LogP contribution in [0.5, 0.6) is 5.75 Å². The van der Waals surface area contributed by atoms with E-state index in [2.05, 4.69) is 16.6 Å². The minimum atomic E-state index is -0.199. The molecule has 0 bridgehead atoms. The molecular formula is C25H34N4O3. The van der Waals surface area contributed by atoms with Gasteiger partial charge in [-0.3, -0.25) is 14.6 Å². The number of hydrogen-bond donors (Lipinski definition) is 1. The quantitative estimate of drug-likeness (QED) is 0.522. The van der Waals surface area contributed by atoms with E-state index >= 15 is 0 Å². The van der Waals surface area contributed by atoms with E-state index in [1.165, 1.54) is 19.3 Å². The summed E-state index contributed by atoms with van der Waals surface area (Å²) >= 11 is 0. The van der Waals surface area contributed by atoms with Crippen LogP contribution in [0.3, 0.4) is 0 Å². The molecular weight excluding hydrogens is 404 g/mol. The number of benzene rings is 1. The molecule has 7 heteroatoms. The first-order chi connectivity index (χ1) is 15.5. The molecule has 1 fully saturated rings. The SMILES string of the molecule is C=c1c(=O)[nH]c2n1Cc1cc(OCCCCCCC(=O)N(C)C3CCCCC3)ccc1N=2. The van der Waals surface area contributed by atoms with Gasteiger partial charge in [0.25, 0.3) is 5.56 Å². The molecule has 2 heterocycles. The third-order valence-corrected chi connectivity index (χ3v) is 6.74. The van der Waals surface area contributed by atoms with Crippen molar-refractivity contribution in [1.82, 2.24) is 14.5 Å². The summed E-state index contributed by atoms with van der Waals surface area (Å²) in [4.78, 5) is 33.4. The van der Waals surface area contributed by atoms with Crippen LogP contribution in [0.4, 0.5) is 5.69 Å². The van der Waals surface area contributed by atoms with Crippen LogP contribution < -0.4 is 21.3 Å². The van der Waals surface area contributed by atoms with Gasteiger partial charge >= 0.3 is 0 Å². The van der Waals surface area contributed by atoms with Gasteiger partial charge in [-0.05, 0) is 43.9 Å². The maximum absolute atomic E-state index is 12.4. The Bertz CT molecular complexity index is 1110. The number of carbonyl (C=O) groups is 1. The molecule has 4 rings (SSSR count). The maximum atomic E-state index is 12.4. The van der Waals surface area contributed by atoms with Crippen molar-refractivity contribution in [3.05, 3.63) is 45.1 Å². The van der Waals surface area contributed by atoms with E-state index in [0.29, 0.717) is 42.5 Å². The van der Waals surface area contributed by atoms with Gasteiger partial charge in [-0.1, -0.05) is 38.7 Å². The van der Waals surface area contributed by atoms with Crippen LogP contribution in [0.1, 0.15) is 69.8 Å². The van der Waals surface area contributed by atoms with E-state index in [9.17, 15) is 9.59 Å². The first kappa shape index (κ1) is 22.4. The standard InChI is InChI=1S/C25H34N4O3/c1-18-24(31)27-25-26-22-14-13-21(16-19(22)17-29(18)25)32-15-9-4-3-8-12-23(30)28(2)20-10-6-5-7-11-20/h13-14,16,20H,1,3-12,15,17H2,2H3,(H,26,27,31). The Morgan fingerprint density at radius 3 is 2.81 bits per heavy atom. The van der Waals surface area contributed by atoms with Crippen molar-refractivity contribution < 1.29 is 9.53 Å². The zero-order valence-corrected chi connectivity index (χ0v) is 19.1. The molecule has 1 aliphatic carbocycles. The van der Waals surface area contributed by atoms with Gasteiger partial charge in [-0.25, -0.2) is 4.99 Å². The molecule has 7 nitrogen and oxygen atoms in total. The van der Waals surface area contributed by atoms with E-state index in [0.717, 1.165) is 55.5 Å². The van der Waals surface area contributed by atoms with Crippen LogP contribution in [0.2, 0.25) is 0 Å². The molecule has 0 atom stereocenters. The Balaban J connectivity index is 1.15. The molecule has 1 N–H and O–H groups in total. The van der Waals surface area contributed by atoms with Gasteiger partial charge in [0.05, 0.1) is 18.8 Å². The fourth-order valence-electron chi connectivity index (χ4n) is 4.69. The molecule has 0 unspecified atom stereocenters. The molecule has 32 heavy (non-hydrogen) atoms. The lowest BCUT2D eigenvalue weighted by Crippen LogP contribution is -2.38. The topological polar surface area (TPSA) is 79.7 Å². The number of ether oxygens (including phenoxy) is 1. The van der Waals surface area contributed by atoms with Gasteiger partial charge in [0.15, 0.2) is 0 Å². The lowest BCUT2D eigenvalue weighted by molar-refractivity contribution is -0.132. The van der Waals surface area contributed by atoms with Crippen LogP contribution in [0, 0.1) is 0 Å². The molecule has 0 spiro atoms. The number of fused-ring (bicyclic) bond motifs is 2. The van der Waals surface area contributed by atoms with E-state index in [1.54, 1.807) is 4.57 Å². The van der Waals surface area contributed by atoms with Gasteiger partial charge in [0, 0.05) is 25.1 Å². The van der Waals surface area contributed by atoms with Crippen LogP contribution in [-0.2, 0) is 11.3 Å². The van der Waals surface area contributed by atoms with Gasteiger partial charge < -0.3 is 14.2 Å². The van der Waals surface area contributed by atoms with E-state index in [4.69, 9.17) is 4.74 Å². The lowest BCUT2D eigenvalue weighted by Gasteiger charge is -2.31. The van der Waals surface area contributed by atoms with Crippen molar-refractivity contribution in [1.29, 1.82) is 0 Å². The second-order valence-electron chi connectivity index (χ2n) is 9.02. The number of aromatic amines is 1. The number of hydrogen-bond acceptors (Lipinski definition) is 4. The zero-order valence-electron chi connectivity index (χ0n) is 19.1. The van der Waals surface area contributed by atoms with E-state index in [-0.39, 0.29) is 5.56 Å². The van der Waals surface area contributed by atoms with Crippen molar-refractivity contribution in [3.8, 4) is 5.75 Å². The summed E-state index contributed by atoms with van der Waals surface area (Å²) in [5, 5.41) is 0.420. The van der Waals surface area contributed by atoms with Gasteiger partial charge in [0.2, 0.25) is 11.5 Å². The number of carbonyl (C=O) groups excluding carboxylic acids is 1. The fourth-order valence-corrected chi connectivity index (χ4v) is 4.69. The molecule has 172 valence electrons. The van der Waals surface area contributed by atoms with Crippen LogP contribution in [-0.4, -0.2) is 40.1 Å². The number of nitrogens with one attached hydrogen (secondary N) is 1. The Hall–Kier alpha value is -2.83. The minimum absolute atomic E-state index is 0.199. The van der Waals surface area contributed by atoms with Crippen molar-refractivity contribution >= 4 is 18.2 Å². The molecule has 1 amide bonds. The number of aromatic nitrogens is 2. The van der Waals surface area contributed by atoms with Gasteiger partial charge in [0.1, 0.15) is 11.1 Å². The summed E-state index contributed by atoms with van der Waals surface area (Å²) in [5.74, 6) is 1.11. The molecule has 0 saturated heterocycles. The summed E-state index contributed by atoms with van der Waals surface area (Å²) in [7, 11) is 1.98. The average Bonchev–Trinajstić information content (AvgIpc) is 3.09. The molecule has 1 saturated carbocycles. The number of H-pyrrole nitrogens is 1. The van der Waals surface area contributed by atoms with Gasteiger partial charge in [-0.15, -0.1) is 0 Å². The highest BCUT2D eigenvalue weighted by Gasteiger charge is 2.21. The Morgan fingerprint density at radius 1 is 1.22 bits per heavy atom. The molecule has 2 aromatic rings. The number of rotatable bonds is 9. The third kappa shape index (κ3) is 5.14. The van der Waals surface area contributed by atoms with Crippen molar-refractivity contribution in [3.63, 3.8) is 0 Å². The number of imidazole rings is 1. The fraction of sp³-hybridized carbons (Fsp3) is 0.560. The number of amides is 1. The number of unbranched alkanes of at least 4 members (excludes halogenated alkanes) is 3. The summed E-state index contributed by atoms with van der Waals surface area (Å²) in [6.07, 6.45) is 10.8. The normalized spacial score (nSPS) is 15.5. The summed E-state index contributed by atoms with van der Waals surface area (Å²) in [5.41, 5.74) is 2.21. The van der Waals surface area contributed by atoms with E-state index < -0.39 is 0 Å². The highest BCUT2D eigenvalue weighted by Crippen LogP contribution is 2.26. The number of nitrogens with zero attached hydrogens (tertiary/aromatic N) is 3. The first-order valence-electron chi connectivity index (χ1n) is 11.9. The monoisotopic (exact) mass is 438 g/mol. The van der Waals surface area contributed by atoms with Crippen LogP contribution >= 0.6 is 0 Å². The summed E-state index contributed by atoms with van der Waals surface area (Å²) in [6, 6.07) is 6.30. The molecule has 0 radical (unpaired) electrons. The first-order valence-corrected chi connectivity index (χ1v) is 11.9. The van der Waals surface area contributed by atoms with Crippen molar-refractivity contribution in [2.45, 2.75) is 76.8 Å². The average molecular weight is 439 g/mol. The minimum Gasteiger partial charge on any atom is -0.494 e. The van der Waals surface area contributed by atoms with Crippen LogP contribution in [0.25, 0.3) is 6.58 Å². The second-order valence-corrected chi connectivity index (χ2v) is 9.02. The predicted molar refractivity (Wildman–Crippen MR) is 125 cm³/mol. The third-order valence-electron chi connectivity index (χ3n) is 6.74. The van der Waals surface area contributed by atoms with E-state index in [1.807, 2.05) is 30.1 Å². The highest BCUT2D eigenvalue weighted by molar-refractivity contribution is 5.76. The lowest BCUT2D eigenvalue weighted by atomic mass is 9.94. The molecule has 1 aromatic carbocycles. The summed E-state index contributed by atoms with van der Waals surface area (Å²) in [6.45, 7) is 5.04. The predicted octanol–water partition coefficient (Wildman–Crippen LogP) is 3.02. The smallest absolute Gasteiger partial charge is 0.274 e. The highest BCUT2D eigenvalue weighted by atomic mass is 16.5.